The van der Waals surface area contributed by atoms with Gasteiger partial charge in [0.25, 0.3) is 0 Å². The van der Waals surface area contributed by atoms with Gasteiger partial charge in [0.1, 0.15) is 0 Å². The highest BCUT2D eigenvalue weighted by Gasteiger charge is 2.30. The molecule has 5 aromatic rings. The van der Waals surface area contributed by atoms with Crippen molar-refractivity contribution in [3.05, 3.63) is 83.9 Å². The number of hydrogen-bond donors (Lipinski definition) is 0. The zero-order valence-corrected chi connectivity index (χ0v) is 21.0. The predicted molar refractivity (Wildman–Crippen MR) is 141 cm³/mol. The molecule has 36 heavy (non-hydrogen) atoms. The lowest BCUT2D eigenvalue weighted by Gasteiger charge is -2.35. The minimum absolute atomic E-state index is 0.327. The molecule has 0 bridgehead atoms. The van der Waals surface area contributed by atoms with E-state index in [1.807, 2.05) is 65.9 Å². The molecule has 182 valence electrons. The average Bonchev–Trinajstić information content (AvgIpc) is 3.34. The summed E-state index contributed by atoms with van der Waals surface area (Å²) in [6.45, 7) is 5.76. The van der Waals surface area contributed by atoms with Crippen LogP contribution in [-0.4, -0.2) is 58.5 Å². The summed E-state index contributed by atoms with van der Waals surface area (Å²) in [5.74, 6) is 1.45. The molecule has 0 aliphatic carbocycles. The molecule has 1 aliphatic rings. The first-order valence-corrected chi connectivity index (χ1v) is 13.4. The summed E-state index contributed by atoms with van der Waals surface area (Å²) in [7, 11) is -3.55. The van der Waals surface area contributed by atoms with Gasteiger partial charge in [0, 0.05) is 37.1 Å². The van der Waals surface area contributed by atoms with Crippen molar-refractivity contribution in [1.29, 1.82) is 0 Å². The van der Waals surface area contributed by atoms with Crippen LogP contribution in [0.1, 0.15) is 11.1 Å². The van der Waals surface area contributed by atoms with Gasteiger partial charge in [-0.15, -0.1) is 10.2 Å². The van der Waals surface area contributed by atoms with Crippen molar-refractivity contribution < 1.29 is 8.42 Å². The Kier molecular flexibility index (Phi) is 5.46. The Morgan fingerprint density at radius 2 is 1.47 bits per heavy atom. The van der Waals surface area contributed by atoms with Crippen LogP contribution < -0.4 is 4.90 Å². The van der Waals surface area contributed by atoms with E-state index in [0.717, 1.165) is 45.0 Å². The first-order chi connectivity index (χ1) is 17.4. The summed E-state index contributed by atoms with van der Waals surface area (Å²) in [5, 5.41) is 10.1. The van der Waals surface area contributed by atoms with Crippen molar-refractivity contribution in [3.63, 3.8) is 0 Å². The third kappa shape index (κ3) is 3.71. The van der Waals surface area contributed by atoms with Crippen molar-refractivity contribution in [3.8, 4) is 11.4 Å². The Bertz CT molecular complexity index is 1690. The molecule has 0 amide bonds. The first-order valence-electron chi connectivity index (χ1n) is 11.9. The summed E-state index contributed by atoms with van der Waals surface area (Å²) in [5.41, 5.74) is 4.69. The monoisotopic (exact) mass is 498 g/mol. The number of rotatable bonds is 4. The van der Waals surface area contributed by atoms with Crippen LogP contribution in [0.25, 0.3) is 27.9 Å². The normalized spacial score (nSPS) is 15.1. The van der Waals surface area contributed by atoms with Gasteiger partial charge in [0.15, 0.2) is 11.5 Å². The second-order valence-corrected chi connectivity index (χ2v) is 11.1. The number of aromatic nitrogens is 4. The molecule has 1 fully saturated rings. The number of fused-ring (bicyclic) bond motifs is 3. The SMILES string of the molecule is Cc1ccc(S(=O)(=O)N2CCN(c3nc4ccccc4c4nnc(-c5ccccc5C)n34)CC2)cc1. The molecule has 6 rings (SSSR count). The fraction of sp³-hybridized carbons (Fsp3) is 0.222. The largest absolute Gasteiger partial charge is 0.339 e. The molecule has 9 heteroatoms. The molecule has 0 radical (unpaired) electrons. The lowest BCUT2D eigenvalue weighted by atomic mass is 10.1. The molecule has 3 heterocycles. The zero-order chi connectivity index (χ0) is 24.9. The first kappa shape index (κ1) is 22.6. The number of sulfonamides is 1. The molecular formula is C27H26N6O2S. The number of aryl methyl sites for hydroxylation is 2. The Balaban J connectivity index is 1.40. The molecule has 1 saturated heterocycles. The van der Waals surface area contributed by atoms with Crippen molar-refractivity contribution in [2.75, 3.05) is 31.1 Å². The lowest BCUT2D eigenvalue weighted by Crippen LogP contribution is -2.49. The minimum atomic E-state index is -3.55. The van der Waals surface area contributed by atoms with E-state index in [4.69, 9.17) is 4.98 Å². The number of piperazine rings is 1. The van der Waals surface area contributed by atoms with E-state index in [2.05, 4.69) is 28.1 Å². The smallest absolute Gasteiger partial charge is 0.243 e. The lowest BCUT2D eigenvalue weighted by molar-refractivity contribution is 0.382. The van der Waals surface area contributed by atoms with Crippen LogP contribution >= 0.6 is 0 Å². The quantitative estimate of drug-likeness (QED) is 0.371. The van der Waals surface area contributed by atoms with Gasteiger partial charge < -0.3 is 4.90 Å². The molecule has 1 aliphatic heterocycles. The molecule has 8 nitrogen and oxygen atoms in total. The molecule has 3 aromatic carbocycles. The van der Waals surface area contributed by atoms with E-state index >= 15 is 0 Å². The maximum absolute atomic E-state index is 13.2. The van der Waals surface area contributed by atoms with E-state index in [1.54, 1.807) is 16.4 Å². The Hall–Kier alpha value is -3.82. The van der Waals surface area contributed by atoms with E-state index < -0.39 is 10.0 Å². The third-order valence-corrected chi connectivity index (χ3v) is 8.71. The van der Waals surface area contributed by atoms with Crippen LogP contribution in [0, 0.1) is 13.8 Å². The number of benzene rings is 3. The maximum atomic E-state index is 13.2. The molecular weight excluding hydrogens is 472 g/mol. The second-order valence-electron chi connectivity index (χ2n) is 9.13. The van der Waals surface area contributed by atoms with E-state index in [0.29, 0.717) is 31.1 Å². The number of anilines is 1. The topological polar surface area (TPSA) is 83.7 Å². The van der Waals surface area contributed by atoms with Crippen LogP contribution in [0.2, 0.25) is 0 Å². The van der Waals surface area contributed by atoms with Gasteiger partial charge in [-0.2, -0.15) is 4.31 Å². The highest BCUT2D eigenvalue weighted by Crippen LogP contribution is 2.30. The molecule has 0 saturated carbocycles. The van der Waals surface area contributed by atoms with Gasteiger partial charge >= 0.3 is 0 Å². The standard InChI is InChI=1S/C27H26N6O2S/c1-19-11-13-21(14-12-19)36(34,35)32-17-15-31(16-18-32)27-28-24-10-6-5-9-23(24)26-30-29-25(33(26)27)22-8-4-3-7-20(22)2/h3-14H,15-18H2,1-2H3. The van der Waals surface area contributed by atoms with E-state index in [-0.39, 0.29) is 0 Å². The number of hydrogen-bond acceptors (Lipinski definition) is 6. The second kappa shape index (κ2) is 8.69. The van der Waals surface area contributed by atoms with Gasteiger partial charge in [-0.05, 0) is 43.7 Å². The van der Waals surface area contributed by atoms with Crippen molar-refractivity contribution in [2.45, 2.75) is 18.7 Å². The Morgan fingerprint density at radius 3 is 2.22 bits per heavy atom. The maximum Gasteiger partial charge on any atom is 0.243 e. The van der Waals surface area contributed by atoms with Gasteiger partial charge in [-0.3, -0.25) is 0 Å². The van der Waals surface area contributed by atoms with Gasteiger partial charge in [-0.1, -0.05) is 54.1 Å². The summed E-state index contributed by atoms with van der Waals surface area (Å²) < 4.78 is 30.0. The van der Waals surface area contributed by atoms with E-state index in [9.17, 15) is 8.42 Å². The van der Waals surface area contributed by atoms with Crippen LogP contribution in [0.5, 0.6) is 0 Å². The van der Waals surface area contributed by atoms with Crippen LogP contribution in [-0.2, 0) is 10.0 Å². The van der Waals surface area contributed by atoms with Crippen molar-refractivity contribution >= 4 is 32.5 Å². The summed E-state index contributed by atoms with van der Waals surface area (Å²) in [4.78, 5) is 7.47. The molecule has 0 atom stereocenters. The van der Waals surface area contributed by atoms with Gasteiger partial charge in [0.2, 0.25) is 16.0 Å². The Morgan fingerprint density at radius 1 is 0.778 bits per heavy atom. The highest BCUT2D eigenvalue weighted by molar-refractivity contribution is 7.89. The van der Waals surface area contributed by atoms with Crippen LogP contribution in [0.4, 0.5) is 5.95 Å². The minimum Gasteiger partial charge on any atom is -0.339 e. The molecule has 0 unspecified atom stereocenters. The van der Waals surface area contributed by atoms with Crippen molar-refractivity contribution in [2.24, 2.45) is 0 Å². The fourth-order valence-electron chi connectivity index (χ4n) is 4.76. The molecule has 0 N–H and O–H groups in total. The summed E-state index contributed by atoms with van der Waals surface area (Å²) >= 11 is 0. The molecule has 2 aromatic heterocycles. The average molecular weight is 499 g/mol. The summed E-state index contributed by atoms with van der Waals surface area (Å²) in [6.07, 6.45) is 0. The Labute approximate surface area is 209 Å². The summed E-state index contributed by atoms with van der Waals surface area (Å²) in [6, 6.07) is 23.0. The number of nitrogens with zero attached hydrogens (tertiary/aromatic N) is 6. The molecule has 0 spiro atoms. The van der Waals surface area contributed by atoms with Crippen molar-refractivity contribution in [1.82, 2.24) is 23.9 Å². The van der Waals surface area contributed by atoms with Crippen LogP contribution in [0.15, 0.2) is 77.7 Å². The third-order valence-electron chi connectivity index (χ3n) is 6.79. The fourth-order valence-corrected chi connectivity index (χ4v) is 6.19. The van der Waals surface area contributed by atoms with E-state index in [1.165, 1.54) is 0 Å². The highest BCUT2D eigenvalue weighted by atomic mass is 32.2. The van der Waals surface area contributed by atoms with Crippen LogP contribution in [0.3, 0.4) is 0 Å². The van der Waals surface area contributed by atoms with Gasteiger partial charge in [-0.25, -0.2) is 17.8 Å². The predicted octanol–water partition coefficient (Wildman–Crippen LogP) is 4.07. The zero-order valence-electron chi connectivity index (χ0n) is 20.2. The van der Waals surface area contributed by atoms with Gasteiger partial charge in [0.05, 0.1) is 10.4 Å². The number of para-hydroxylation sites is 1.